The normalized spacial score (nSPS) is 20.6. The van der Waals surface area contributed by atoms with Gasteiger partial charge in [-0.3, -0.25) is 9.13 Å². The molecule has 0 saturated heterocycles. The minimum Gasteiger partial charge on any atom is -0.368 e. The van der Waals surface area contributed by atoms with Gasteiger partial charge in [0, 0.05) is 0 Å². The van der Waals surface area contributed by atoms with Gasteiger partial charge < -0.3 is 24.3 Å². The van der Waals surface area contributed by atoms with Crippen molar-refractivity contribution >= 4 is 15.2 Å². The van der Waals surface area contributed by atoms with E-state index in [0.29, 0.717) is 6.92 Å². The second-order valence-corrected chi connectivity index (χ2v) is 9.23. The zero-order valence-electron chi connectivity index (χ0n) is 11.5. The summed E-state index contributed by atoms with van der Waals surface area (Å²) in [6.45, 7) is 4.41. The van der Waals surface area contributed by atoms with Gasteiger partial charge in [0.1, 0.15) is 0 Å². The first-order valence-corrected chi connectivity index (χ1v) is 9.44. The highest BCUT2D eigenvalue weighted by atomic mass is 31.2. The third-order valence-corrected chi connectivity index (χ3v) is 7.33. The van der Waals surface area contributed by atoms with Crippen LogP contribution in [0.25, 0.3) is 0 Å². The van der Waals surface area contributed by atoms with E-state index < -0.39 is 20.3 Å². The monoisotopic (exact) mass is 318 g/mol. The van der Waals surface area contributed by atoms with Crippen LogP contribution >= 0.6 is 15.2 Å². The van der Waals surface area contributed by atoms with Crippen molar-refractivity contribution in [3.63, 3.8) is 0 Å². The summed E-state index contributed by atoms with van der Waals surface area (Å²) in [6, 6.07) is 0. The van der Waals surface area contributed by atoms with E-state index in [0.717, 1.165) is 25.7 Å². The van der Waals surface area contributed by atoms with Crippen molar-refractivity contribution in [1.29, 1.82) is 0 Å². The van der Waals surface area contributed by atoms with Crippen LogP contribution in [0, 0.1) is 5.92 Å². The van der Waals surface area contributed by atoms with Crippen molar-refractivity contribution in [3.05, 3.63) is 0 Å². The molecular weight excluding hydrogens is 294 g/mol. The molecule has 0 aliphatic rings. The molecule has 0 radical (unpaired) electrons. The van der Waals surface area contributed by atoms with E-state index in [9.17, 15) is 19.1 Å². The topological polar surface area (TPSA) is 124 Å². The molecule has 0 rings (SSSR count). The van der Waals surface area contributed by atoms with Crippen molar-refractivity contribution < 1.29 is 33.4 Å². The molecule has 7 nitrogen and oxygen atoms in total. The molecule has 0 amide bonds. The van der Waals surface area contributed by atoms with Gasteiger partial charge in [-0.05, 0) is 19.3 Å². The van der Waals surface area contributed by atoms with Crippen LogP contribution in [0.1, 0.15) is 46.5 Å². The molecule has 0 aromatic rings. The molecule has 3 unspecified atom stereocenters. The maximum absolute atomic E-state index is 11.8. The molecule has 3 atom stereocenters. The Balaban J connectivity index is 4.70. The summed E-state index contributed by atoms with van der Waals surface area (Å²) in [6.07, 6.45) is 3.43. The molecule has 0 fully saturated rings. The van der Waals surface area contributed by atoms with E-state index in [1.54, 1.807) is 0 Å². The Bertz CT molecular complexity index is 363. The van der Waals surface area contributed by atoms with Crippen LogP contribution < -0.4 is 0 Å². The van der Waals surface area contributed by atoms with Crippen molar-refractivity contribution in [2.24, 2.45) is 5.92 Å². The van der Waals surface area contributed by atoms with Crippen LogP contribution in [0.4, 0.5) is 0 Å². The van der Waals surface area contributed by atoms with Crippen LogP contribution in [0.5, 0.6) is 0 Å². The maximum atomic E-state index is 11.8. The second kappa shape index (κ2) is 7.32. The molecule has 0 spiro atoms. The Morgan fingerprint density at radius 1 is 1.21 bits per heavy atom. The first-order valence-electron chi connectivity index (χ1n) is 6.25. The lowest BCUT2D eigenvalue weighted by Crippen LogP contribution is -2.26. The summed E-state index contributed by atoms with van der Waals surface area (Å²) in [7, 11) is -9.99. The molecule has 9 heteroatoms. The lowest BCUT2D eigenvalue weighted by Gasteiger charge is -2.29. The lowest BCUT2D eigenvalue weighted by molar-refractivity contribution is 0.117. The SMILES string of the molecule is CCCCC(CC)COP(=O)(O)C(C)(O)P(=O)(O)O. The van der Waals surface area contributed by atoms with Crippen molar-refractivity contribution in [1.82, 2.24) is 0 Å². The maximum Gasteiger partial charge on any atom is 0.371 e. The molecule has 0 aromatic heterocycles. The largest absolute Gasteiger partial charge is 0.371 e. The summed E-state index contributed by atoms with van der Waals surface area (Å²) >= 11 is 0. The summed E-state index contributed by atoms with van der Waals surface area (Å²) in [5.41, 5.74) is 0. The number of unbranched alkanes of at least 4 members (excludes halogenated alkanes) is 1. The Hall–Kier alpha value is 0.260. The molecule has 4 N–H and O–H groups in total. The van der Waals surface area contributed by atoms with E-state index in [4.69, 9.17) is 14.3 Å². The minimum atomic E-state index is -5.16. The highest BCUT2D eigenvalue weighted by Gasteiger charge is 2.57. The number of aliphatic hydroxyl groups is 1. The summed E-state index contributed by atoms with van der Waals surface area (Å²) in [5, 5.41) is 6.46. The molecule has 19 heavy (non-hydrogen) atoms. The van der Waals surface area contributed by atoms with E-state index in [1.165, 1.54) is 0 Å². The van der Waals surface area contributed by atoms with E-state index in [2.05, 4.69) is 0 Å². The van der Waals surface area contributed by atoms with Gasteiger partial charge in [0.15, 0.2) is 0 Å². The van der Waals surface area contributed by atoms with Gasteiger partial charge in [0.25, 0.3) is 5.08 Å². The zero-order chi connectivity index (χ0) is 15.3. The molecule has 0 saturated carbocycles. The standard InChI is InChI=1S/C10H24O7P2/c1-4-6-7-9(5-2)8-17-19(15,16)10(3,11)18(12,13)14/h9,11H,4-8H2,1-3H3,(H,15,16)(H2,12,13,14). The number of rotatable bonds is 9. The third kappa shape index (κ3) is 5.27. The summed E-state index contributed by atoms with van der Waals surface area (Å²) in [5.74, 6) is 0.0213. The molecule has 0 aliphatic carbocycles. The Morgan fingerprint density at radius 2 is 1.74 bits per heavy atom. The fraction of sp³-hybridized carbons (Fsp3) is 1.00. The average Bonchev–Trinajstić information content (AvgIpc) is 2.27. The van der Waals surface area contributed by atoms with E-state index in [-0.39, 0.29) is 12.5 Å². The van der Waals surface area contributed by atoms with Gasteiger partial charge in [0.2, 0.25) is 0 Å². The average molecular weight is 318 g/mol. The van der Waals surface area contributed by atoms with Crippen LogP contribution in [0.15, 0.2) is 0 Å². The molecular formula is C10H24O7P2. The van der Waals surface area contributed by atoms with Gasteiger partial charge in [-0.25, -0.2) is 0 Å². The van der Waals surface area contributed by atoms with Crippen molar-refractivity contribution in [2.45, 2.75) is 51.5 Å². The fourth-order valence-electron chi connectivity index (χ4n) is 1.39. The van der Waals surface area contributed by atoms with Crippen molar-refractivity contribution in [2.75, 3.05) is 6.61 Å². The zero-order valence-corrected chi connectivity index (χ0v) is 13.3. The highest BCUT2D eigenvalue weighted by Crippen LogP contribution is 2.69. The predicted molar refractivity (Wildman–Crippen MR) is 71.8 cm³/mol. The van der Waals surface area contributed by atoms with Crippen LogP contribution in [0.2, 0.25) is 0 Å². The van der Waals surface area contributed by atoms with Crippen LogP contribution in [-0.4, -0.2) is 31.5 Å². The summed E-state index contributed by atoms with van der Waals surface area (Å²) < 4.78 is 27.5. The Morgan fingerprint density at radius 3 is 2.11 bits per heavy atom. The molecule has 0 aliphatic heterocycles. The Labute approximate surface area is 113 Å². The first kappa shape index (κ1) is 19.3. The van der Waals surface area contributed by atoms with Gasteiger partial charge in [-0.2, -0.15) is 0 Å². The highest BCUT2D eigenvalue weighted by molar-refractivity contribution is 7.72. The molecule has 116 valence electrons. The van der Waals surface area contributed by atoms with Gasteiger partial charge in [0.05, 0.1) is 6.61 Å². The van der Waals surface area contributed by atoms with Gasteiger partial charge in [-0.1, -0.05) is 33.1 Å². The van der Waals surface area contributed by atoms with Gasteiger partial charge in [-0.15, -0.1) is 0 Å². The summed E-state index contributed by atoms with van der Waals surface area (Å²) in [4.78, 5) is 27.3. The third-order valence-electron chi connectivity index (χ3n) is 3.12. The van der Waals surface area contributed by atoms with Crippen LogP contribution in [0.3, 0.4) is 0 Å². The lowest BCUT2D eigenvalue weighted by atomic mass is 10.0. The van der Waals surface area contributed by atoms with E-state index >= 15 is 0 Å². The van der Waals surface area contributed by atoms with E-state index in [1.807, 2.05) is 13.8 Å². The number of hydrogen-bond donors (Lipinski definition) is 4. The van der Waals surface area contributed by atoms with Gasteiger partial charge >= 0.3 is 15.2 Å². The fourth-order valence-corrected chi connectivity index (χ4v) is 3.54. The smallest absolute Gasteiger partial charge is 0.368 e. The van der Waals surface area contributed by atoms with Crippen LogP contribution in [-0.2, 0) is 13.7 Å². The molecule has 0 bridgehead atoms. The quantitative estimate of drug-likeness (QED) is 0.480. The second-order valence-electron chi connectivity index (χ2n) is 4.75. The van der Waals surface area contributed by atoms with Crippen molar-refractivity contribution in [3.8, 4) is 0 Å². The molecule has 0 aromatic carbocycles. The first-order chi connectivity index (χ1) is 8.49. The minimum absolute atomic E-state index is 0.0213. The Kier molecular flexibility index (Phi) is 7.42. The molecule has 0 heterocycles. The predicted octanol–water partition coefficient (Wildman–Crippen LogP) is 2.25. The number of hydrogen-bond acceptors (Lipinski definition) is 4.